The number of carbonyl (C=O) groups is 1. The summed E-state index contributed by atoms with van der Waals surface area (Å²) in [6, 6.07) is 0.360. The average Bonchev–Trinajstić information content (AvgIpc) is 2.28. The molecule has 18 heavy (non-hydrogen) atoms. The Morgan fingerprint density at radius 3 is 2.56 bits per heavy atom. The van der Waals surface area contributed by atoms with Gasteiger partial charge in [-0.3, -0.25) is 4.79 Å². The first-order valence-electron chi connectivity index (χ1n) is 7.52. The van der Waals surface area contributed by atoms with E-state index in [2.05, 4.69) is 25.7 Å². The van der Waals surface area contributed by atoms with Crippen LogP contribution in [0.5, 0.6) is 0 Å². The monoisotopic (exact) mass is 252 g/mol. The van der Waals surface area contributed by atoms with E-state index >= 15 is 0 Å². The lowest BCUT2D eigenvalue weighted by Gasteiger charge is -2.44. The molecule has 3 heteroatoms. The molecule has 0 aromatic heterocycles. The molecule has 2 fully saturated rings. The number of nitrogens with two attached hydrogens (primary N) is 1. The first-order chi connectivity index (χ1) is 8.42. The molecule has 1 saturated carbocycles. The van der Waals surface area contributed by atoms with Crippen LogP contribution in [-0.2, 0) is 4.79 Å². The predicted molar refractivity (Wildman–Crippen MR) is 74.1 cm³/mol. The fourth-order valence-corrected chi connectivity index (χ4v) is 3.78. The summed E-state index contributed by atoms with van der Waals surface area (Å²) in [4.78, 5) is 14.8. The van der Waals surface area contributed by atoms with Crippen molar-refractivity contribution in [2.24, 2.45) is 17.6 Å². The van der Waals surface area contributed by atoms with Crippen LogP contribution >= 0.6 is 0 Å². The SMILES string of the molecule is CC1CCN(C(=O)C2(N)CCCC(C)C2)C(C)C1. The molecule has 2 aliphatic rings. The van der Waals surface area contributed by atoms with Crippen molar-refractivity contribution in [3.05, 3.63) is 0 Å². The lowest BCUT2D eigenvalue weighted by molar-refractivity contribution is -0.142. The first kappa shape index (κ1) is 13.9. The van der Waals surface area contributed by atoms with Gasteiger partial charge in [-0.1, -0.05) is 26.7 Å². The molecule has 4 atom stereocenters. The van der Waals surface area contributed by atoms with Crippen LogP contribution in [0.25, 0.3) is 0 Å². The summed E-state index contributed by atoms with van der Waals surface area (Å²) < 4.78 is 0. The summed E-state index contributed by atoms with van der Waals surface area (Å²) in [6.45, 7) is 7.56. The molecular weight excluding hydrogens is 224 g/mol. The van der Waals surface area contributed by atoms with Gasteiger partial charge in [0.2, 0.25) is 5.91 Å². The van der Waals surface area contributed by atoms with Crippen LogP contribution in [0.1, 0.15) is 59.3 Å². The van der Waals surface area contributed by atoms with E-state index in [0.717, 1.165) is 44.6 Å². The molecule has 0 radical (unpaired) electrons. The largest absolute Gasteiger partial charge is 0.338 e. The van der Waals surface area contributed by atoms with Crippen LogP contribution in [0.3, 0.4) is 0 Å². The lowest BCUT2D eigenvalue weighted by Crippen LogP contribution is -2.60. The zero-order chi connectivity index (χ0) is 13.3. The van der Waals surface area contributed by atoms with E-state index in [1.54, 1.807) is 0 Å². The fourth-order valence-electron chi connectivity index (χ4n) is 3.78. The summed E-state index contributed by atoms with van der Waals surface area (Å²) in [7, 11) is 0. The minimum absolute atomic E-state index is 0.216. The van der Waals surface area contributed by atoms with Crippen molar-refractivity contribution in [1.29, 1.82) is 0 Å². The van der Waals surface area contributed by atoms with Crippen LogP contribution < -0.4 is 5.73 Å². The van der Waals surface area contributed by atoms with E-state index in [4.69, 9.17) is 5.73 Å². The summed E-state index contributed by atoms with van der Waals surface area (Å²) in [5.41, 5.74) is 5.85. The van der Waals surface area contributed by atoms with Gasteiger partial charge in [0, 0.05) is 12.6 Å². The number of hydrogen-bond donors (Lipinski definition) is 1. The Balaban J connectivity index is 2.06. The molecule has 3 nitrogen and oxygen atoms in total. The number of hydrogen-bond acceptors (Lipinski definition) is 2. The second-order valence-electron chi connectivity index (χ2n) is 6.83. The normalized spacial score (nSPS) is 41.8. The Morgan fingerprint density at radius 1 is 1.22 bits per heavy atom. The van der Waals surface area contributed by atoms with Gasteiger partial charge in [0.05, 0.1) is 5.54 Å². The molecule has 0 aromatic carbocycles. The molecule has 0 bridgehead atoms. The molecule has 4 unspecified atom stereocenters. The van der Waals surface area contributed by atoms with E-state index in [1.807, 2.05) is 0 Å². The van der Waals surface area contributed by atoms with Gasteiger partial charge in [0.15, 0.2) is 0 Å². The predicted octanol–water partition coefficient (Wildman–Crippen LogP) is 2.54. The Bertz CT molecular complexity index is 318. The smallest absolute Gasteiger partial charge is 0.242 e. The van der Waals surface area contributed by atoms with Crippen molar-refractivity contribution < 1.29 is 4.79 Å². The van der Waals surface area contributed by atoms with Crippen LogP contribution in [-0.4, -0.2) is 28.9 Å². The maximum Gasteiger partial charge on any atom is 0.242 e. The molecule has 1 amide bonds. The maximum absolute atomic E-state index is 12.7. The maximum atomic E-state index is 12.7. The second-order valence-corrected chi connectivity index (χ2v) is 6.83. The van der Waals surface area contributed by atoms with E-state index in [0.29, 0.717) is 12.0 Å². The van der Waals surface area contributed by atoms with Crippen LogP contribution in [0, 0.1) is 11.8 Å². The fraction of sp³-hybridized carbons (Fsp3) is 0.933. The van der Waals surface area contributed by atoms with Crippen molar-refractivity contribution in [2.75, 3.05) is 6.54 Å². The first-order valence-corrected chi connectivity index (χ1v) is 7.52. The van der Waals surface area contributed by atoms with Gasteiger partial charge >= 0.3 is 0 Å². The van der Waals surface area contributed by atoms with Crippen molar-refractivity contribution in [3.8, 4) is 0 Å². The summed E-state index contributed by atoms with van der Waals surface area (Å²) in [6.07, 6.45) is 6.31. The number of amides is 1. The van der Waals surface area contributed by atoms with Gasteiger partial charge in [-0.25, -0.2) is 0 Å². The Labute approximate surface area is 111 Å². The molecule has 104 valence electrons. The molecule has 1 heterocycles. The third-order valence-corrected chi connectivity index (χ3v) is 4.86. The zero-order valence-electron chi connectivity index (χ0n) is 12.1. The summed E-state index contributed by atoms with van der Waals surface area (Å²) in [5, 5.41) is 0. The highest BCUT2D eigenvalue weighted by molar-refractivity contribution is 5.86. The number of carbonyl (C=O) groups excluding carboxylic acids is 1. The third kappa shape index (κ3) is 2.71. The topological polar surface area (TPSA) is 46.3 Å². The highest BCUT2D eigenvalue weighted by Crippen LogP contribution is 2.34. The van der Waals surface area contributed by atoms with E-state index in [1.165, 1.54) is 6.42 Å². The van der Waals surface area contributed by atoms with Gasteiger partial charge in [-0.2, -0.15) is 0 Å². The number of likely N-dealkylation sites (tertiary alicyclic amines) is 1. The second kappa shape index (κ2) is 5.20. The molecule has 0 spiro atoms. The standard InChI is InChI=1S/C15H28N2O/c1-11-6-8-17(13(3)9-11)14(18)15(16)7-4-5-12(2)10-15/h11-13H,4-10,16H2,1-3H3. The van der Waals surface area contributed by atoms with Gasteiger partial charge in [-0.05, 0) is 44.4 Å². The minimum atomic E-state index is -0.577. The van der Waals surface area contributed by atoms with Crippen molar-refractivity contribution in [3.63, 3.8) is 0 Å². The minimum Gasteiger partial charge on any atom is -0.338 e. The van der Waals surface area contributed by atoms with E-state index in [-0.39, 0.29) is 5.91 Å². The van der Waals surface area contributed by atoms with E-state index < -0.39 is 5.54 Å². The highest BCUT2D eigenvalue weighted by Gasteiger charge is 2.42. The molecule has 0 aromatic rings. The van der Waals surface area contributed by atoms with Gasteiger partial charge in [0.1, 0.15) is 0 Å². The van der Waals surface area contributed by atoms with Gasteiger partial charge < -0.3 is 10.6 Å². The van der Waals surface area contributed by atoms with Crippen LogP contribution in [0.4, 0.5) is 0 Å². The molecule has 2 rings (SSSR count). The van der Waals surface area contributed by atoms with Crippen molar-refractivity contribution >= 4 is 5.91 Å². The molecule has 2 N–H and O–H groups in total. The van der Waals surface area contributed by atoms with Crippen LogP contribution in [0.2, 0.25) is 0 Å². The van der Waals surface area contributed by atoms with Crippen molar-refractivity contribution in [1.82, 2.24) is 4.90 Å². The van der Waals surface area contributed by atoms with Gasteiger partial charge in [-0.15, -0.1) is 0 Å². The highest BCUT2D eigenvalue weighted by atomic mass is 16.2. The Kier molecular flexibility index (Phi) is 4.00. The quantitative estimate of drug-likeness (QED) is 0.779. The number of nitrogens with zero attached hydrogens (tertiary/aromatic N) is 1. The number of rotatable bonds is 1. The van der Waals surface area contributed by atoms with Gasteiger partial charge in [0.25, 0.3) is 0 Å². The Morgan fingerprint density at radius 2 is 1.94 bits per heavy atom. The molecule has 1 aliphatic heterocycles. The zero-order valence-corrected chi connectivity index (χ0v) is 12.1. The molecule has 1 aliphatic carbocycles. The molecular formula is C15H28N2O. The summed E-state index contributed by atoms with van der Waals surface area (Å²) in [5.74, 6) is 1.54. The lowest BCUT2D eigenvalue weighted by atomic mass is 9.75. The van der Waals surface area contributed by atoms with E-state index in [9.17, 15) is 4.79 Å². The Hall–Kier alpha value is -0.570. The van der Waals surface area contributed by atoms with Crippen LogP contribution in [0.15, 0.2) is 0 Å². The average molecular weight is 252 g/mol. The molecule has 1 saturated heterocycles. The summed E-state index contributed by atoms with van der Waals surface area (Å²) >= 11 is 0. The third-order valence-electron chi connectivity index (χ3n) is 4.86. The van der Waals surface area contributed by atoms with Crippen molar-refractivity contribution in [2.45, 2.75) is 70.9 Å². The number of piperidine rings is 1.